The summed E-state index contributed by atoms with van der Waals surface area (Å²) in [5.74, 6) is 3.19. The Morgan fingerprint density at radius 2 is 1.20 bits per heavy atom. The molecule has 3 saturated carbocycles. The number of hydrogen-bond donors (Lipinski definition) is 0. The predicted octanol–water partition coefficient (Wildman–Crippen LogP) is 11.5. The van der Waals surface area contributed by atoms with E-state index in [-0.39, 0.29) is 0 Å². The van der Waals surface area contributed by atoms with Gasteiger partial charge in [-0.05, 0) is 114 Å². The minimum absolute atomic E-state index is 0.507. The Morgan fingerprint density at radius 1 is 0.522 bits per heavy atom. The fraction of sp³-hybridized carbons (Fsp3) is 0.182. The van der Waals surface area contributed by atoms with Crippen LogP contribution in [0.25, 0.3) is 38.6 Å². The van der Waals surface area contributed by atoms with E-state index in [1.165, 1.54) is 74.9 Å². The lowest BCUT2D eigenvalue weighted by molar-refractivity contribution is -0.252. The normalized spacial score (nSPS) is 24.8. The Bertz CT molecular complexity index is 2330. The van der Waals surface area contributed by atoms with Gasteiger partial charge in [-0.1, -0.05) is 97.1 Å². The van der Waals surface area contributed by atoms with Gasteiger partial charge < -0.3 is 9.47 Å². The summed E-state index contributed by atoms with van der Waals surface area (Å²) in [5, 5.41) is 2.56. The highest BCUT2D eigenvalue weighted by Gasteiger charge is 2.76. The van der Waals surface area contributed by atoms with E-state index in [1.54, 1.807) is 11.1 Å². The van der Waals surface area contributed by atoms with E-state index in [1.807, 2.05) is 0 Å². The maximum absolute atomic E-state index is 2.53. The molecule has 0 aliphatic heterocycles. The number of aromatic nitrogens is 1. The van der Waals surface area contributed by atoms with Gasteiger partial charge in [0.1, 0.15) is 0 Å². The predicted molar refractivity (Wildman–Crippen MR) is 190 cm³/mol. The Hall–Kier alpha value is -5.08. The molecule has 1 heterocycles. The van der Waals surface area contributed by atoms with Crippen LogP contribution >= 0.6 is 0 Å². The largest absolute Gasteiger partial charge is 0.310 e. The second-order valence-electron chi connectivity index (χ2n) is 14.1. The first-order valence-corrected chi connectivity index (χ1v) is 17.0. The van der Waals surface area contributed by atoms with Crippen molar-refractivity contribution in [3.8, 4) is 16.8 Å². The molecule has 0 N–H and O–H groups in total. The van der Waals surface area contributed by atoms with E-state index >= 15 is 0 Å². The zero-order valence-electron chi connectivity index (χ0n) is 25.7. The number of hydrogen-bond acceptors (Lipinski definition) is 1. The number of fused-ring (bicyclic) bond motifs is 8. The van der Waals surface area contributed by atoms with E-state index in [0.29, 0.717) is 17.3 Å². The topological polar surface area (TPSA) is 8.17 Å². The second-order valence-corrected chi connectivity index (χ2v) is 14.1. The molecular formula is C44H34N2. The highest BCUT2D eigenvalue weighted by molar-refractivity contribution is 6.10. The molecule has 6 aromatic carbocycles. The van der Waals surface area contributed by atoms with Crippen molar-refractivity contribution in [1.29, 1.82) is 0 Å². The molecule has 46 heavy (non-hydrogen) atoms. The van der Waals surface area contributed by atoms with Crippen molar-refractivity contribution in [1.82, 2.24) is 4.57 Å². The summed E-state index contributed by atoms with van der Waals surface area (Å²) < 4.78 is 2.43. The third kappa shape index (κ3) is 3.03. The summed E-state index contributed by atoms with van der Waals surface area (Å²) in [7, 11) is 0. The first kappa shape index (κ1) is 25.2. The molecular weight excluding hydrogens is 556 g/mol. The van der Waals surface area contributed by atoms with E-state index in [4.69, 9.17) is 0 Å². The molecule has 4 unspecified atom stereocenters. The van der Waals surface area contributed by atoms with E-state index in [9.17, 15) is 0 Å². The molecule has 0 saturated heterocycles. The molecule has 0 bridgehead atoms. The summed E-state index contributed by atoms with van der Waals surface area (Å²) in [4.78, 5) is 2.53. The summed E-state index contributed by atoms with van der Waals surface area (Å²) in [6.45, 7) is 0. The molecule has 2 heteroatoms. The quantitative estimate of drug-likeness (QED) is 0.198. The average molecular weight is 591 g/mol. The molecule has 220 valence electrons. The Morgan fingerprint density at radius 3 is 2.02 bits per heavy atom. The molecule has 7 aromatic rings. The van der Waals surface area contributed by atoms with Crippen LogP contribution in [0.2, 0.25) is 0 Å². The van der Waals surface area contributed by atoms with Crippen LogP contribution in [0.15, 0.2) is 146 Å². The van der Waals surface area contributed by atoms with Crippen molar-refractivity contribution in [3.63, 3.8) is 0 Å². The fourth-order valence-corrected chi connectivity index (χ4v) is 10.7. The molecule has 4 aliphatic carbocycles. The van der Waals surface area contributed by atoms with Gasteiger partial charge in [0.2, 0.25) is 0 Å². The van der Waals surface area contributed by atoms with Crippen LogP contribution in [0.4, 0.5) is 17.1 Å². The van der Waals surface area contributed by atoms with Gasteiger partial charge in [-0.25, -0.2) is 0 Å². The zero-order chi connectivity index (χ0) is 30.0. The van der Waals surface area contributed by atoms with Gasteiger partial charge in [-0.3, -0.25) is 0 Å². The van der Waals surface area contributed by atoms with E-state index in [0.717, 1.165) is 11.8 Å². The number of rotatable bonds is 4. The van der Waals surface area contributed by atoms with Crippen molar-refractivity contribution < 1.29 is 0 Å². The van der Waals surface area contributed by atoms with Gasteiger partial charge in [-0.15, -0.1) is 0 Å². The van der Waals surface area contributed by atoms with Crippen molar-refractivity contribution in [2.24, 2.45) is 17.3 Å². The summed E-state index contributed by atoms with van der Waals surface area (Å²) in [6, 6.07) is 54.3. The molecule has 5 atom stereocenters. The number of anilines is 3. The maximum atomic E-state index is 2.53. The van der Waals surface area contributed by atoms with Crippen LogP contribution in [-0.2, 0) is 0 Å². The molecule has 1 spiro atoms. The molecule has 1 aromatic heterocycles. The molecule has 0 radical (unpaired) electrons. The Balaban J connectivity index is 1.19. The van der Waals surface area contributed by atoms with E-state index < -0.39 is 0 Å². The first-order chi connectivity index (χ1) is 22.8. The lowest BCUT2D eigenvalue weighted by Gasteiger charge is -2.78. The highest BCUT2D eigenvalue weighted by Crippen LogP contribution is 2.85. The van der Waals surface area contributed by atoms with Crippen LogP contribution in [-0.4, -0.2) is 4.57 Å². The van der Waals surface area contributed by atoms with E-state index in [2.05, 4.69) is 155 Å². The second kappa shape index (κ2) is 9.01. The van der Waals surface area contributed by atoms with Crippen LogP contribution in [0.5, 0.6) is 0 Å². The molecule has 0 amide bonds. The molecule has 11 rings (SSSR count). The van der Waals surface area contributed by atoms with Gasteiger partial charge in [0, 0.05) is 33.4 Å². The minimum Gasteiger partial charge on any atom is -0.310 e. The van der Waals surface area contributed by atoms with Gasteiger partial charge in [-0.2, -0.15) is 0 Å². The Kier molecular flexibility index (Phi) is 4.93. The number of benzene rings is 6. The highest BCUT2D eigenvalue weighted by atomic mass is 15.1. The standard InChI is InChI=1S/C44H34N2/c1-3-12-30(13-4-1)45(32-22-23-35-34-17-9-10-20-40(34)46(42(35)27-32)31-14-5-2-6-15-31)41-21-11-19-37-39-26-29-24-28-25-38(44(28,29)39)33-16-7-8-18-36(33)43(37)41/h1-23,27-29,38-39H,24-26H2/t28?,29?,38-,39?,44?/m0/s1. The Labute approximate surface area is 269 Å². The van der Waals surface area contributed by atoms with Gasteiger partial charge in [0.05, 0.1) is 16.7 Å². The smallest absolute Gasteiger partial charge is 0.0561 e. The third-order valence-electron chi connectivity index (χ3n) is 12.5. The first-order valence-electron chi connectivity index (χ1n) is 17.0. The lowest BCUT2D eigenvalue weighted by Crippen LogP contribution is -2.70. The van der Waals surface area contributed by atoms with Gasteiger partial charge in [0.25, 0.3) is 0 Å². The minimum atomic E-state index is 0.507. The maximum Gasteiger partial charge on any atom is 0.0561 e. The zero-order valence-corrected chi connectivity index (χ0v) is 25.7. The monoisotopic (exact) mass is 590 g/mol. The lowest BCUT2D eigenvalue weighted by atomic mass is 9.25. The van der Waals surface area contributed by atoms with Crippen molar-refractivity contribution in [3.05, 3.63) is 157 Å². The van der Waals surface area contributed by atoms with Crippen molar-refractivity contribution in [2.45, 2.75) is 31.1 Å². The molecule has 2 nitrogen and oxygen atoms in total. The van der Waals surface area contributed by atoms with Crippen LogP contribution in [0.1, 0.15) is 42.2 Å². The average Bonchev–Trinajstić information content (AvgIpc) is 3.37. The van der Waals surface area contributed by atoms with Crippen LogP contribution in [0.3, 0.4) is 0 Å². The fourth-order valence-electron chi connectivity index (χ4n) is 10.7. The summed E-state index contributed by atoms with van der Waals surface area (Å²) in [6.07, 6.45) is 4.18. The summed E-state index contributed by atoms with van der Waals surface area (Å²) in [5.41, 5.74) is 13.9. The third-order valence-corrected chi connectivity index (χ3v) is 12.5. The summed E-state index contributed by atoms with van der Waals surface area (Å²) >= 11 is 0. The number of nitrogens with zero attached hydrogens (tertiary/aromatic N) is 2. The van der Waals surface area contributed by atoms with Crippen molar-refractivity contribution in [2.75, 3.05) is 4.90 Å². The number of para-hydroxylation sites is 3. The SMILES string of the molecule is c1ccc(N(c2ccc3c4ccccc4n(-c4ccccc4)c3c2)c2cccc3c2-c2ccccc2[C@@H]2CC4CC5CC3C542)cc1. The van der Waals surface area contributed by atoms with Crippen molar-refractivity contribution >= 4 is 38.9 Å². The molecule has 4 aliphatic rings. The van der Waals surface area contributed by atoms with Crippen LogP contribution < -0.4 is 4.90 Å². The molecule has 3 fully saturated rings. The van der Waals surface area contributed by atoms with Gasteiger partial charge >= 0.3 is 0 Å². The van der Waals surface area contributed by atoms with Crippen LogP contribution in [0, 0.1) is 17.3 Å². The van der Waals surface area contributed by atoms with Gasteiger partial charge in [0.15, 0.2) is 0 Å².